The molecule has 1 heterocycles. The molecule has 5 nitrogen and oxygen atoms in total. The molecule has 0 aromatic heterocycles. The molecule has 1 fully saturated rings. The number of nitrogens with one attached hydrogen (secondary N) is 2. The fourth-order valence-electron chi connectivity index (χ4n) is 3.59. The molecule has 2 rings (SSSR count). The van der Waals surface area contributed by atoms with Crippen molar-refractivity contribution in [3.63, 3.8) is 0 Å². The summed E-state index contributed by atoms with van der Waals surface area (Å²) in [5.41, 5.74) is 1.29. The number of nitrogens with zero attached hydrogens (tertiary/aromatic N) is 3. The van der Waals surface area contributed by atoms with Crippen LogP contribution < -0.4 is 10.6 Å². The first-order valence-electron chi connectivity index (χ1n) is 10.2. The topological polar surface area (TPSA) is 42.9 Å². The number of benzene rings is 1. The molecule has 30 heavy (non-hydrogen) atoms. The van der Waals surface area contributed by atoms with E-state index in [1.165, 1.54) is 10.5 Å². The summed E-state index contributed by atoms with van der Waals surface area (Å²) in [5, 5.41) is 6.57. The lowest BCUT2D eigenvalue weighted by atomic mass is 10.1. The minimum absolute atomic E-state index is 0. The zero-order valence-electron chi connectivity index (χ0n) is 18.1. The molecule has 0 saturated carbocycles. The van der Waals surface area contributed by atoms with Crippen LogP contribution in [-0.2, 0) is 6.54 Å². The normalized spacial score (nSPS) is 18.9. The Bertz CT molecular complexity index is 627. The fourth-order valence-corrected chi connectivity index (χ4v) is 3.59. The second-order valence-electron chi connectivity index (χ2n) is 7.92. The lowest BCUT2D eigenvalue weighted by molar-refractivity contribution is -0.143. The van der Waals surface area contributed by atoms with Crippen molar-refractivity contribution in [2.24, 2.45) is 10.9 Å². The van der Waals surface area contributed by atoms with Gasteiger partial charge in [0.2, 0.25) is 0 Å². The molecule has 9 heteroatoms. The standard InChI is InChI=1S/C21H34F3N5.HI/c1-17(28(3)14-18-7-5-4-6-8-18)9-11-26-20(25-2)27-13-19-10-12-29(15-19)16-21(22,23)24;/h4-8,17,19H,9-16H2,1-3H3,(H2,25,26,27);1H. The largest absolute Gasteiger partial charge is 0.401 e. The van der Waals surface area contributed by atoms with E-state index in [1.807, 2.05) is 6.07 Å². The Hall–Kier alpha value is -1.07. The molecule has 0 aliphatic carbocycles. The maximum atomic E-state index is 12.5. The third kappa shape index (κ3) is 10.3. The van der Waals surface area contributed by atoms with Crippen molar-refractivity contribution in [2.45, 2.75) is 38.5 Å². The van der Waals surface area contributed by atoms with Gasteiger partial charge in [-0.1, -0.05) is 30.3 Å². The van der Waals surface area contributed by atoms with Crippen molar-refractivity contribution in [2.75, 3.05) is 46.8 Å². The van der Waals surface area contributed by atoms with Crippen LogP contribution in [0.5, 0.6) is 0 Å². The smallest absolute Gasteiger partial charge is 0.356 e. The Morgan fingerprint density at radius 1 is 1.27 bits per heavy atom. The summed E-state index contributed by atoms with van der Waals surface area (Å²) >= 11 is 0. The quantitative estimate of drug-likeness (QED) is 0.285. The van der Waals surface area contributed by atoms with Crippen LogP contribution in [0.2, 0.25) is 0 Å². The van der Waals surface area contributed by atoms with E-state index in [0.717, 1.165) is 25.9 Å². The van der Waals surface area contributed by atoms with Gasteiger partial charge >= 0.3 is 6.18 Å². The lowest BCUT2D eigenvalue weighted by Gasteiger charge is -2.25. The minimum Gasteiger partial charge on any atom is -0.356 e. The molecule has 2 atom stereocenters. The Labute approximate surface area is 195 Å². The van der Waals surface area contributed by atoms with Gasteiger partial charge in [-0.05, 0) is 44.8 Å². The number of rotatable bonds is 9. The summed E-state index contributed by atoms with van der Waals surface area (Å²) in [7, 11) is 3.84. The van der Waals surface area contributed by atoms with Gasteiger partial charge in [-0.15, -0.1) is 24.0 Å². The molecule has 0 amide bonds. The first-order chi connectivity index (χ1) is 13.8. The third-order valence-corrected chi connectivity index (χ3v) is 5.44. The highest BCUT2D eigenvalue weighted by Gasteiger charge is 2.34. The second-order valence-corrected chi connectivity index (χ2v) is 7.92. The third-order valence-electron chi connectivity index (χ3n) is 5.44. The van der Waals surface area contributed by atoms with Gasteiger partial charge in [0.25, 0.3) is 0 Å². The van der Waals surface area contributed by atoms with Gasteiger partial charge in [-0.3, -0.25) is 14.8 Å². The van der Waals surface area contributed by atoms with Crippen LogP contribution in [0, 0.1) is 5.92 Å². The Morgan fingerprint density at radius 3 is 2.60 bits per heavy atom. The lowest BCUT2D eigenvalue weighted by Crippen LogP contribution is -2.42. The predicted molar refractivity (Wildman–Crippen MR) is 127 cm³/mol. The SMILES string of the molecule is CN=C(NCCC(C)N(C)Cc1ccccc1)NCC1CCN(CC(F)(F)F)C1.I. The summed E-state index contributed by atoms with van der Waals surface area (Å²) in [6.07, 6.45) is -2.38. The van der Waals surface area contributed by atoms with Crippen molar-refractivity contribution >= 4 is 29.9 Å². The van der Waals surface area contributed by atoms with Gasteiger partial charge in [-0.2, -0.15) is 13.2 Å². The van der Waals surface area contributed by atoms with Crippen LogP contribution in [0.1, 0.15) is 25.3 Å². The zero-order chi connectivity index (χ0) is 21.3. The predicted octanol–water partition coefficient (Wildman–Crippen LogP) is 3.56. The van der Waals surface area contributed by atoms with Crippen molar-refractivity contribution in [3.8, 4) is 0 Å². The molecule has 2 unspecified atom stereocenters. The van der Waals surface area contributed by atoms with Crippen molar-refractivity contribution in [1.29, 1.82) is 0 Å². The van der Waals surface area contributed by atoms with Crippen LogP contribution >= 0.6 is 24.0 Å². The molecule has 1 saturated heterocycles. The molecule has 0 spiro atoms. The zero-order valence-corrected chi connectivity index (χ0v) is 20.4. The number of hydrogen-bond acceptors (Lipinski definition) is 3. The number of halogens is 4. The molecule has 1 aromatic rings. The molecule has 1 aliphatic rings. The van der Waals surface area contributed by atoms with E-state index in [0.29, 0.717) is 31.6 Å². The monoisotopic (exact) mass is 541 g/mol. The van der Waals surface area contributed by atoms with Crippen molar-refractivity contribution < 1.29 is 13.2 Å². The minimum atomic E-state index is -4.12. The van der Waals surface area contributed by atoms with E-state index in [2.05, 4.69) is 58.8 Å². The number of aliphatic imine (C=N–C) groups is 1. The molecule has 172 valence electrons. The van der Waals surface area contributed by atoms with Crippen molar-refractivity contribution in [1.82, 2.24) is 20.4 Å². The number of guanidine groups is 1. The molecule has 1 aliphatic heterocycles. The first kappa shape index (κ1) is 27.0. The van der Waals surface area contributed by atoms with E-state index in [-0.39, 0.29) is 29.9 Å². The molecule has 0 radical (unpaired) electrons. The van der Waals surface area contributed by atoms with Crippen LogP contribution in [0.4, 0.5) is 13.2 Å². The molecular formula is C21H35F3IN5. The molecule has 2 N–H and O–H groups in total. The highest BCUT2D eigenvalue weighted by atomic mass is 127. The highest BCUT2D eigenvalue weighted by Crippen LogP contribution is 2.22. The van der Waals surface area contributed by atoms with E-state index in [9.17, 15) is 13.2 Å². The van der Waals surface area contributed by atoms with Gasteiger partial charge in [0.1, 0.15) is 0 Å². The Morgan fingerprint density at radius 2 is 1.97 bits per heavy atom. The van der Waals surface area contributed by atoms with E-state index in [1.54, 1.807) is 7.05 Å². The van der Waals surface area contributed by atoms with E-state index >= 15 is 0 Å². The number of likely N-dealkylation sites (tertiary alicyclic amines) is 1. The highest BCUT2D eigenvalue weighted by molar-refractivity contribution is 14.0. The van der Waals surface area contributed by atoms with Crippen LogP contribution in [0.25, 0.3) is 0 Å². The number of hydrogen-bond donors (Lipinski definition) is 2. The number of alkyl halides is 3. The van der Waals surface area contributed by atoms with E-state index < -0.39 is 12.7 Å². The fraction of sp³-hybridized carbons (Fsp3) is 0.667. The van der Waals surface area contributed by atoms with E-state index in [4.69, 9.17) is 0 Å². The van der Waals surface area contributed by atoms with Crippen LogP contribution in [0.15, 0.2) is 35.3 Å². The van der Waals surface area contributed by atoms with Gasteiger partial charge in [0.15, 0.2) is 5.96 Å². The van der Waals surface area contributed by atoms with Gasteiger partial charge in [0, 0.05) is 39.3 Å². The Balaban J connectivity index is 0.00000450. The van der Waals surface area contributed by atoms with Gasteiger partial charge < -0.3 is 10.6 Å². The molecule has 0 bridgehead atoms. The first-order valence-corrected chi connectivity index (χ1v) is 10.2. The summed E-state index contributed by atoms with van der Waals surface area (Å²) in [6, 6.07) is 10.8. The van der Waals surface area contributed by atoms with Gasteiger partial charge in [-0.25, -0.2) is 0 Å². The summed E-state index contributed by atoms with van der Waals surface area (Å²) in [5.74, 6) is 0.920. The summed E-state index contributed by atoms with van der Waals surface area (Å²) < 4.78 is 37.5. The van der Waals surface area contributed by atoms with Gasteiger partial charge in [0.05, 0.1) is 6.54 Å². The van der Waals surface area contributed by atoms with Crippen molar-refractivity contribution in [3.05, 3.63) is 35.9 Å². The second kappa shape index (κ2) is 13.4. The molecular weight excluding hydrogens is 506 g/mol. The maximum Gasteiger partial charge on any atom is 0.401 e. The summed E-state index contributed by atoms with van der Waals surface area (Å²) in [4.78, 5) is 8.02. The Kier molecular flexibility index (Phi) is 12.0. The average Bonchev–Trinajstić information content (AvgIpc) is 3.10. The van der Waals surface area contributed by atoms with Crippen LogP contribution in [-0.4, -0.2) is 74.8 Å². The maximum absolute atomic E-state index is 12.5. The molecule has 1 aromatic carbocycles. The average molecular weight is 541 g/mol. The van der Waals surface area contributed by atoms with Crippen LogP contribution in [0.3, 0.4) is 0 Å². The summed E-state index contributed by atoms with van der Waals surface area (Å²) in [6.45, 7) is 4.70.